The van der Waals surface area contributed by atoms with Crippen LogP contribution in [-0.2, 0) is 11.3 Å². The second kappa shape index (κ2) is 6.71. The molecular weight excluding hydrogens is 233 g/mol. The maximum atomic E-state index is 13.8. The van der Waals surface area contributed by atoms with E-state index in [4.69, 9.17) is 9.47 Å². The monoisotopic (exact) mass is 253 g/mol. The van der Waals surface area contributed by atoms with E-state index in [0.29, 0.717) is 24.8 Å². The fourth-order valence-corrected chi connectivity index (χ4v) is 1.96. The first-order chi connectivity index (χ1) is 8.79. The van der Waals surface area contributed by atoms with E-state index in [1.54, 1.807) is 6.07 Å². The van der Waals surface area contributed by atoms with Gasteiger partial charge in [-0.3, -0.25) is 0 Å². The number of nitrogens with one attached hydrogen (secondary N) is 1. The van der Waals surface area contributed by atoms with Crippen molar-refractivity contribution >= 4 is 0 Å². The molecule has 3 nitrogen and oxygen atoms in total. The van der Waals surface area contributed by atoms with Crippen molar-refractivity contribution in [3.8, 4) is 5.75 Å². The van der Waals surface area contributed by atoms with Crippen molar-refractivity contribution in [1.82, 2.24) is 5.32 Å². The number of ether oxygens (including phenoxy) is 2. The highest BCUT2D eigenvalue weighted by molar-refractivity contribution is 5.29. The molecule has 1 aliphatic rings. The minimum atomic E-state index is -0.288. The summed E-state index contributed by atoms with van der Waals surface area (Å²) in [5.74, 6) is 0.442. The van der Waals surface area contributed by atoms with Gasteiger partial charge in [-0.2, -0.15) is 0 Å². The Kier molecular flexibility index (Phi) is 4.96. The quantitative estimate of drug-likeness (QED) is 0.844. The highest BCUT2D eigenvalue weighted by atomic mass is 19.1. The van der Waals surface area contributed by atoms with Crippen LogP contribution in [-0.4, -0.2) is 26.4 Å². The Morgan fingerprint density at radius 1 is 1.50 bits per heavy atom. The van der Waals surface area contributed by atoms with Gasteiger partial charge in [0.25, 0.3) is 0 Å². The molecule has 1 atom stereocenters. The van der Waals surface area contributed by atoms with E-state index in [1.165, 1.54) is 6.07 Å². The Hall–Kier alpha value is -1.13. The van der Waals surface area contributed by atoms with Gasteiger partial charge in [0.2, 0.25) is 0 Å². The Balaban J connectivity index is 1.87. The lowest BCUT2D eigenvalue weighted by Crippen LogP contribution is -2.13. The summed E-state index contributed by atoms with van der Waals surface area (Å²) in [5, 5.41) is 3.16. The molecule has 0 amide bonds. The summed E-state index contributed by atoms with van der Waals surface area (Å²) in [6.07, 6.45) is 1.00. The van der Waals surface area contributed by atoms with Crippen molar-refractivity contribution in [2.24, 2.45) is 5.92 Å². The highest BCUT2D eigenvalue weighted by Crippen LogP contribution is 2.21. The fraction of sp³-hybridized carbons (Fsp3) is 0.571. The lowest BCUT2D eigenvalue weighted by Gasteiger charge is -2.12. The van der Waals surface area contributed by atoms with Gasteiger partial charge in [-0.15, -0.1) is 0 Å². The van der Waals surface area contributed by atoms with Crippen LogP contribution in [0.5, 0.6) is 5.75 Å². The van der Waals surface area contributed by atoms with Crippen LogP contribution in [0.1, 0.15) is 18.9 Å². The van der Waals surface area contributed by atoms with Crippen LogP contribution in [0.2, 0.25) is 0 Å². The molecular formula is C14H20FNO2. The third-order valence-corrected chi connectivity index (χ3v) is 3.07. The van der Waals surface area contributed by atoms with Gasteiger partial charge in [0.05, 0.1) is 13.2 Å². The zero-order chi connectivity index (χ0) is 12.8. The molecule has 1 N–H and O–H groups in total. The third-order valence-electron chi connectivity index (χ3n) is 3.07. The van der Waals surface area contributed by atoms with Gasteiger partial charge in [-0.25, -0.2) is 4.39 Å². The maximum absolute atomic E-state index is 13.8. The molecule has 1 fully saturated rings. The Morgan fingerprint density at radius 2 is 2.39 bits per heavy atom. The first-order valence-electron chi connectivity index (χ1n) is 6.49. The molecule has 0 aliphatic carbocycles. The zero-order valence-corrected chi connectivity index (χ0v) is 10.7. The average Bonchev–Trinajstić information content (AvgIpc) is 2.88. The van der Waals surface area contributed by atoms with E-state index in [0.717, 1.165) is 31.7 Å². The number of benzene rings is 1. The standard InChI is InChI=1S/C14H20FNO2/c1-2-16-8-11-3-4-14(13(15)7-11)18-10-12-5-6-17-9-12/h3-4,7,12,16H,2,5-6,8-10H2,1H3. The van der Waals surface area contributed by atoms with E-state index in [9.17, 15) is 4.39 Å². The van der Waals surface area contributed by atoms with Crippen molar-refractivity contribution < 1.29 is 13.9 Å². The van der Waals surface area contributed by atoms with E-state index < -0.39 is 0 Å². The summed E-state index contributed by atoms with van der Waals surface area (Å²) in [4.78, 5) is 0. The van der Waals surface area contributed by atoms with Crippen molar-refractivity contribution in [2.75, 3.05) is 26.4 Å². The van der Waals surface area contributed by atoms with E-state index in [1.807, 2.05) is 13.0 Å². The van der Waals surface area contributed by atoms with Crippen molar-refractivity contribution in [3.63, 3.8) is 0 Å². The molecule has 0 radical (unpaired) electrons. The first kappa shape index (κ1) is 13.3. The molecule has 18 heavy (non-hydrogen) atoms. The lowest BCUT2D eigenvalue weighted by molar-refractivity contribution is 0.165. The minimum Gasteiger partial charge on any atom is -0.490 e. The lowest BCUT2D eigenvalue weighted by atomic mass is 10.1. The maximum Gasteiger partial charge on any atom is 0.165 e. The molecule has 1 aromatic carbocycles. The topological polar surface area (TPSA) is 30.5 Å². The Bertz CT molecular complexity index is 378. The average molecular weight is 253 g/mol. The summed E-state index contributed by atoms with van der Waals surface area (Å²) in [6, 6.07) is 5.13. The molecule has 1 saturated heterocycles. The largest absolute Gasteiger partial charge is 0.490 e. The smallest absolute Gasteiger partial charge is 0.165 e. The normalized spacial score (nSPS) is 19.1. The summed E-state index contributed by atoms with van der Waals surface area (Å²) in [7, 11) is 0. The third kappa shape index (κ3) is 3.68. The minimum absolute atomic E-state index is 0.288. The molecule has 0 saturated carbocycles. The van der Waals surface area contributed by atoms with Crippen LogP contribution in [0, 0.1) is 11.7 Å². The van der Waals surface area contributed by atoms with Gasteiger partial charge in [0, 0.05) is 19.1 Å². The van der Waals surface area contributed by atoms with Gasteiger partial charge < -0.3 is 14.8 Å². The molecule has 0 aromatic heterocycles. The summed E-state index contributed by atoms with van der Waals surface area (Å²) < 4.78 is 24.5. The Labute approximate surface area is 107 Å². The number of hydrogen-bond donors (Lipinski definition) is 1. The molecule has 1 unspecified atom stereocenters. The van der Waals surface area contributed by atoms with Gasteiger partial charge in [-0.05, 0) is 30.7 Å². The molecule has 2 rings (SSSR count). The van der Waals surface area contributed by atoms with Crippen molar-refractivity contribution in [3.05, 3.63) is 29.6 Å². The van der Waals surface area contributed by atoms with E-state index >= 15 is 0 Å². The van der Waals surface area contributed by atoms with Crippen LogP contribution in [0.3, 0.4) is 0 Å². The van der Waals surface area contributed by atoms with Gasteiger partial charge in [-0.1, -0.05) is 13.0 Å². The molecule has 1 aliphatic heterocycles. The first-order valence-corrected chi connectivity index (χ1v) is 6.49. The summed E-state index contributed by atoms with van der Waals surface area (Å²) in [6.45, 7) is 5.63. The number of rotatable bonds is 6. The molecule has 0 bridgehead atoms. The predicted octanol–water partition coefficient (Wildman–Crippen LogP) is 2.35. The second-order valence-electron chi connectivity index (χ2n) is 4.59. The zero-order valence-electron chi connectivity index (χ0n) is 10.7. The second-order valence-corrected chi connectivity index (χ2v) is 4.59. The molecule has 4 heteroatoms. The molecule has 1 heterocycles. The van der Waals surface area contributed by atoms with E-state index in [-0.39, 0.29) is 5.82 Å². The van der Waals surface area contributed by atoms with Crippen LogP contribution in [0.25, 0.3) is 0 Å². The molecule has 100 valence electrons. The van der Waals surface area contributed by atoms with Crippen LogP contribution < -0.4 is 10.1 Å². The van der Waals surface area contributed by atoms with Gasteiger partial charge in [0.15, 0.2) is 11.6 Å². The fourth-order valence-electron chi connectivity index (χ4n) is 1.96. The van der Waals surface area contributed by atoms with Gasteiger partial charge >= 0.3 is 0 Å². The number of hydrogen-bond acceptors (Lipinski definition) is 3. The summed E-state index contributed by atoms with van der Waals surface area (Å²) in [5.41, 5.74) is 0.936. The molecule has 0 spiro atoms. The Morgan fingerprint density at radius 3 is 3.06 bits per heavy atom. The van der Waals surface area contributed by atoms with Crippen molar-refractivity contribution in [1.29, 1.82) is 0 Å². The van der Waals surface area contributed by atoms with Crippen LogP contribution in [0.4, 0.5) is 4.39 Å². The predicted molar refractivity (Wildman–Crippen MR) is 68.2 cm³/mol. The molecule has 1 aromatic rings. The number of halogens is 1. The highest BCUT2D eigenvalue weighted by Gasteiger charge is 2.17. The van der Waals surface area contributed by atoms with Crippen LogP contribution in [0.15, 0.2) is 18.2 Å². The van der Waals surface area contributed by atoms with E-state index in [2.05, 4.69) is 5.32 Å². The van der Waals surface area contributed by atoms with Crippen LogP contribution >= 0.6 is 0 Å². The SMILES string of the molecule is CCNCc1ccc(OCC2CCOC2)c(F)c1. The van der Waals surface area contributed by atoms with Crippen molar-refractivity contribution in [2.45, 2.75) is 19.9 Å². The summed E-state index contributed by atoms with van der Waals surface area (Å²) >= 11 is 0. The van der Waals surface area contributed by atoms with Gasteiger partial charge in [0.1, 0.15) is 0 Å².